The number of ether oxygens (including phenoxy) is 2. The van der Waals surface area contributed by atoms with Gasteiger partial charge in [0.25, 0.3) is 0 Å². The molecule has 1 aliphatic carbocycles. The molecule has 1 aromatic carbocycles. The van der Waals surface area contributed by atoms with Crippen LogP contribution in [0.1, 0.15) is 41.2 Å². The third kappa shape index (κ3) is 2.42. The fraction of sp³-hybridized carbons (Fsp3) is 0.353. The smallest absolute Gasteiger partial charge is 0.230 e. The van der Waals surface area contributed by atoms with E-state index in [0.717, 1.165) is 23.6 Å². The molecule has 7 nitrogen and oxygen atoms in total. The fourth-order valence-corrected chi connectivity index (χ4v) is 3.11. The molecule has 122 valence electrons. The van der Waals surface area contributed by atoms with Crippen LogP contribution in [0.25, 0.3) is 0 Å². The molecule has 5 rings (SSSR count). The lowest BCUT2D eigenvalue weighted by atomic mass is 10.1. The maximum Gasteiger partial charge on any atom is 0.230 e. The van der Waals surface area contributed by atoms with E-state index >= 15 is 0 Å². The van der Waals surface area contributed by atoms with Gasteiger partial charge in [-0.05, 0) is 30.0 Å². The Bertz CT molecular complexity index is 859. The second-order valence-electron chi connectivity index (χ2n) is 6.07. The molecule has 24 heavy (non-hydrogen) atoms. The van der Waals surface area contributed by atoms with Crippen molar-refractivity contribution in [3.63, 3.8) is 0 Å². The zero-order valence-electron chi connectivity index (χ0n) is 12.8. The number of nitrogens with zero attached hydrogens (tertiary/aromatic N) is 3. The van der Waals surface area contributed by atoms with E-state index in [4.69, 9.17) is 18.5 Å². The van der Waals surface area contributed by atoms with E-state index in [1.807, 2.05) is 6.07 Å². The molecule has 1 fully saturated rings. The average Bonchev–Trinajstić information content (AvgIpc) is 3.02. The van der Waals surface area contributed by atoms with Gasteiger partial charge in [0.05, 0.1) is 12.1 Å². The van der Waals surface area contributed by atoms with E-state index in [1.54, 1.807) is 6.07 Å². The topological polar surface area (TPSA) is 83.4 Å². The number of benzene rings is 1. The molecule has 0 spiro atoms. The lowest BCUT2D eigenvalue weighted by Crippen LogP contribution is -2.15. The van der Waals surface area contributed by atoms with Gasteiger partial charge in [-0.15, -0.1) is 0 Å². The molecule has 3 heterocycles. The van der Waals surface area contributed by atoms with Crippen LogP contribution in [0.4, 0.5) is 0 Å². The lowest BCUT2D eigenvalue weighted by Gasteiger charge is -2.18. The number of rotatable bonds is 4. The minimum absolute atomic E-state index is 0.270. The molecule has 0 amide bonds. The van der Waals surface area contributed by atoms with Crippen LogP contribution in [-0.2, 0) is 6.42 Å². The summed E-state index contributed by atoms with van der Waals surface area (Å²) in [6.07, 6.45) is 3.06. The molecule has 1 saturated carbocycles. The molecular formula is C17H15N3O4. The van der Waals surface area contributed by atoms with E-state index in [9.17, 15) is 0 Å². The molecule has 0 bridgehead atoms. The van der Waals surface area contributed by atoms with Crippen molar-refractivity contribution in [2.45, 2.75) is 24.7 Å². The Kier molecular flexibility index (Phi) is 3.04. The minimum atomic E-state index is 0.270. The summed E-state index contributed by atoms with van der Waals surface area (Å²) < 4.78 is 21.5. The average molecular weight is 325 g/mol. The molecule has 3 aromatic rings. The molecule has 0 unspecified atom stereocenters. The standard InChI is InChI=1S/C17H15N3O4/c1-2-14-15(22-6-5-21-14)7-10(1)12-9-13(12)17-18-16(20-24-17)8-11-3-4-23-19-11/h1-4,7,12-13H,5-6,8-9H2/t12-,13-/m1/s1. The second-order valence-corrected chi connectivity index (χ2v) is 6.07. The van der Waals surface area contributed by atoms with Gasteiger partial charge >= 0.3 is 0 Å². The Morgan fingerprint density at radius 2 is 1.92 bits per heavy atom. The summed E-state index contributed by atoms with van der Waals surface area (Å²) in [5, 5.41) is 7.90. The van der Waals surface area contributed by atoms with Gasteiger partial charge in [0.2, 0.25) is 5.89 Å². The van der Waals surface area contributed by atoms with Crippen molar-refractivity contribution < 1.29 is 18.5 Å². The summed E-state index contributed by atoms with van der Waals surface area (Å²) in [5.74, 6) is 3.61. The van der Waals surface area contributed by atoms with Crippen molar-refractivity contribution in [3.05, 3.63) is 53.5 Å². The predicted octanol–water partition coefficient (Wildman–Crippen LogP) is 2.69. The van der Waals surface area contributed by atoms with E-state index in [1.165, 1.54) is 11.8 Å². The van der Waals surface area contributed by atoms with Gasteiger partial charge in [-0.1, -0.05) is 16.4 Å². The van der Waals surface area contributed by atoms with Crippen LogP contribution in [0.3, 0.4) is 0 Å². The highest BCUT2D eigenvalue weighted by atomic mass is 16.6. The molecule has 0 N–H and O–H groups in total. The summed E-state index contributed by atoms with van der Waals surface area (Å²) in [5.41, 5.74) is 2.02. The Labute approximate surface area is 137 Å². The lowest BCUT2D eigenvalue weighted by molar-refractivity contribution is 0.171. The first-order chi connectivity index (χ1) is 11.9. The Hall–Kier alpha value is -2.83. The highest BCUT2D eigenvalue weighted by molar-refractivity contribution is 5.46. The first kappa shape index (κ1) is 13.6. The van der Waals surface area contributed by atoms with Crippen LogP contribution in [0.15, 0.2) is 39.6 Å². The first-order valence-corrected chi connectivity index (χ1v) is 7.98. The van der Waals surface area contributed by atoms with Crippen molar-refractivity contribution in [2.24, 2.45) is 0 Å². The Morgan fingerprint density at radius 3 is 2.79 bits per heavy atom. The van der Waals surface area contributed by atoms with Gasteiger partial charge < -0.3 is 18.5 Å². The number of fused-ring (bicyclic) bond motifs is 1. The van der Waals surface area contributed by atoms with E-state index < -0.39 is 0 Å². The van der Waals surface area contributed by atoms with Crippen molar-refractivity contribution in [1.29, 1.82) is 0 Å². The fourth-order valence-electron chi connectivity index (χ4n) is 3.11. The zero-order valence-corrected chi connectivity index (χ0v) is 12.8. The second kappa shape index (κ2) is 5.36. The van der Waals surface area contributed by atoms with Crippen LogP contribution in [0.5, 0.6) is 11.5 Å². The number of hydrogen-bond donors (Lipinski definition) is 0. The number of aromatic nitrogens is 3. The first-order valence-electron chi connectivity index (χ1n) is 7.98. The molecule has 7 heteroatoms. The van der Waals surface area contributed by atoms with Gasteiger partial charge in [0.1, 0.15) is 19.5 Å². The molecule has 2 aliphatic rings. The summed E-state index contributed by atoms with van der Waals surface area (Å²) in [4.78, 5) is 4.49. The summed E-state index contributed by atoms with van der Waals surface area (Å²) in [7, 11) is 0. The predicted molar refractivity (Wildman–Crippen MR) is 81.1 cm³/mol. The largest absolute Gasteiger partial charge is 0.486 e. The zero-order chi connectivity index (χ0) is 15.9. The van der Waals surface area contributed by atoms with Crippen LogP contribution >= 0.6 is 0 Å². The minimum Gasteiger partial charge on any atom is -0.486 e. The molecule has 0 saturated heterocycles. The van der Waals surface area contributed by atoms with Crippen LogP contribution in [-0.4, -0.2) is 28.5 Å². The van der Waals surface area contributed by atoms with Gasteiger partial charge in [-0.2, -0.15) is 4.98 Å². The van der Waals surface area contributed by atoms with Crippen molar-refractivity contribution >= 4 is 0 Å². The molecule has 2 aromatic heterocycles. The van der Waals surface area contributed by atoms with Crippen molar-refractivity contribution in [3.8, 4) is 11.5 Å². The maximum absolute atomic E-state index is 5.65. The van der Waals surface area contributed by atoms with Crippen molar-refractivity contribution in [1.82, 2.24) is 15.3 Å². The highest BCUT2D eigenvalue weighted by Gasteiger charge is 2.44. The highest BCUT2D eigenvalue weighted by Crippen LogP contribution is 2.55. The molecular weight excluding hydrogens is 310 g/mol. The van der Waals surface area contributed by atoms with Crippen LogP contribution in [0, 0.1) is 0 Å². The Balaban J connectivity index is 1.31. The monoisotopic (exact) mass is 325 g/mol. The van der Waals surface area contributed by atoms with E-state index in [0.29, 0.717) is 37.3 Å². The van der Waals surface area contributed by atoms with E-state index in [-0.39, 0.29) is 5.92 Å². The van der Waals surface area contributed by atoms with Crippen molar-refractivity contribution in [2.75, 3.05) is 13.2 Å². The summed E-state index contributed by atoms with van der Waals surface area (Å²) in [6, 6.07) is 7.92. The van der Waals surface area contributed by atoms with Gasteiger partial charge in [0, 0.05) is 12.0 Å². The Morgan fingerprint density at radius 1 is 1.00 bits per heavy atom. The summed E-state index contributed by atoms with van der Waals surface area (Å²) >= 11 is 0. The SMILES string of the molecule is c1cc(Cc2noc([C@@H]3C[C@@H]3c3ccc4c(c3)OCCO4)n2)no1. The van der Waals surface area contributed by atoms with Gasteiger partial charge in [0.15, 0.2) is 17.3 Å². The third-order valence-electron chi connectivity index (χ3n) is 4.42. The third-order valence-corrected chi connectivity index (χ3v) is 4.42. The van der Waals surface area contributed by atoms with Crippen LogP contribution in [0.2, 0.25) is 0 Å². The molecule has 0 radical (unpaired) electrons. The molecule has 2 atom stereocenters. The summed E-state index contributed by atoms with van der Waals surface area (Å²) in [6.45, 7) is 1.20. The number of hydrogen-bond acceptors (Lipinski definition) is 7. The quantitative estimate of drug-likeness (QED) is 0.729. The molecule has 1 aliphatic heterocycles. The van der Waals surface area contributed by atoms with Gasteiger partial charge in [-0.3, -0.25) is 0 Å². The maximum atomic E-state index is 5.65. The van der Waals surface area contributed by atoms with E-state index in [2.05, 4.69) is 27.4 Å². The van der Waals surface area contributed by atoms with Gasteiger partial charge in [-0.25, -0.2) is 0 Å². The van der Waals surface area contributed by atoms with Crippen LogP contribution < -0.4 is 9.47 Å². The normalized spacial score (nSPS) is 21.7.